The van der Waals surface area contributed by atoms with Gasteiger partial charge >= 0.3 is 0 Å². The number of aryl methyl sites for hydroxylation is 2. The summed E-state index contributed by atoms with van der Waals surface area (Å²) in [6, 6.07) is 9.41. The molecule has 0 bridgehead atoms. The Kier molecular flexibility index (Phi) is 5.92. The van der Waals surface area contributed by atoms with Crippen LogP contribution in [0.1, 0.15) is 22.3 Å². The fourth-order valence-electron chi connectivity index (χ4n) is 2.65. The van der Waals surface area contributed by atoms with Gasteiger partial charge in [-0.2, -0.15) is 0 Å². The Bertz CT molecular complexity index is 918. The molecule has 0 unspecified atom stereocenters. The molecule has 0 radical (unpaired) electrons. The quantitative estimate of drug-likeness (QED) is 0.507. The third-order valence-corrected chi connectivity index (χ3v) is 5.69. The van der Waals surface area contributed by atoms with Gasteiger partial charge in [-0.3, -0.25) is 4.79 Å². The van der Waals surface area contributed by atoms with Crippen LogP contribution in [0.25, 0.3) is 6.08 Å². The summed E-state index contributed by atoms with van der Waals surface area (Å²) in [5.74, 6) is 0.660. The van der Waals surface area contributed by atoms with Crippen LogP contribution in [0.4, 0.5) is 0 Å². The molecule has 1 fully saturated rings. The number of rotatable bonds is 4. The predicted molar refractivity (Wildman–Crippen MR) is 113 cm³/mol. The molecular formula is C19H15Cl2NO2S2. The summed E-state index contributed by atoms with van der Waals surface area (Å²) in [7, 11) is 0. The minimum Gasteiger partial charge on any atom is -0.488 e. The van der Waals surface area contributed by atoms with Gasteiger partial charge in [0, 0.05) is 0 Å². The molecule has 2 aromatic carbocycles. The van der Waals surface area contributed by atoms with Crippen molar-refractivity contribution in [3.05, 3.63) is 67.5 Å². The van der Waals surface area contributed by atoms with E-state index < -0.39 is 0 Å². The van der Waals surface area contributed by atoms with E-state index in [0.717, 1.165) is 28.0 Å². The van der Waals surface area contributed by atoms with Crippen molar-refractivity contribution >= 4 is 63.5 Å². The maximum Gasteiger partial charge on any atom is 0.263 e. The highest BCUT2D eigenvalue weighted by Crippen LogP contribution is 2.30. The molecule has 3 rings (SSSR count). The Hall–Kier alpha value is -1.53. The molecule has 0 atom stereocenters. The smallest absolute Gasteiger partial charge is 0.263 e. The third kappa shape index (κ3) is 4.41. The minimum atomic E-state index is -0.157. The van der Waals surface area contributed by atoms with Crippen LogP contribution in [0.2, 0.25) is 10.0 Å². The number of carbonyl (C=O) groups excluding carboxylic acids is 1. The fraction of sp³-hybridized carbons (Fsp3) is 0.158. The first kappa shape index (κ1) is 19.2. The first-order chi connectivity index (χ1) is 12.3. The van der Waals surface area contributed by atoms with E-state index in [2.05, 4.69) is 5.32 Å². The topological polar surface area (TPSA) is 38.3 Å². The van der Waals surface area contributed by atoms with E-state index in [1.807, 2.05) is 38.1 Å². The summed E-state index contributed by atoms with van der Waals surface area (Å²) in [6.07, 6.45) is 1.84. The lowest BCUT2D eigenvalue weighted by molar-refractivity contribution is -0.115. The molecule has 0 aliphatic carbocycles. The predicted octanol–water partition coefficient (Wildman–Crippen LogP) is 5.68. The lowest BCUT2D eigenvalue weighted by Gasteiger charge is -2.14. The lowest BCUT2D eigenvalue weighted by Crippen LogP contribution is -2.17. The summed E-state index contributed by atoms with van der Waals surface area (Å²) in [6.45, 7) is 4.35. The first-order valence-electron chi connectivity index (χ1n) is 7.76. The average Bonchev–Trinajstić information content (AvgIpc) is 2.87. The summed E-state index contributed by atoms with van der Waals surface area (Å²) < 4.78 is 6.47. The lowest BCUT2D eigenvalue weighted by atomic mass is 10.0. The Morgan fingerprint density at radius 2 is 1.85 bits per heavy atom. The van der Waals surface area contributed by atoms with E-state index in [1.54, 1.807) is 12.1 Å². The standard InChI is InChI=1S/C19H15Cl2NO2S2/c1-10-5-13(8-16-18(23)22-19(25)26-16)6-11(2)17(10)24-9-12-3-4-14(20)15(21)7-12/h3-8H,9H2,1-2H3,(H,22,23,25)/b16-8+. The van der Waals surface area contributed by atoms with Gasteiger partial charge in [0.1, 0.15) is 16.7 Å². The highest BCUT2D eigenvalue weighted by atomic mass is 35.5. The van der Waals surface area contributed by atoms with Crippen LogP contribution in [0, 0.1) is 13.8 Å². The third-order valence-electron chi connectivity index (χ3n) is 3.79. The van der Waals surface area contributed by atoms with Gasteiger partial charge < -0.3 is 10.1 Å². The van der Waals surface area contributed by atoms with Crippen molar-refractivity contribution in [1.29, 1.82) is 0 Å². The number of nitrogens with one attached hydrogen (secondary N) is 1. The van der Waals surface area contributed by atoms with Crippen LogP contribution < -0.4 is 10.1 Å². The van der Waals surface area contributed by atoms with Crippen molar-refractivity contribution in [1.82, 2.24) is 5.32 Å². The van der Waals surface area contributed by atoms with E-state index in [0.29, 0.717) is 25.9 Å². The molecule has 134 valence electrons. The number of benzene rings is 2. The Labute approximate surface area is 171 Å². The minimum absolute atomic E-state index is 0.157. The van der Waals surface area contributed by atoms with Crippen molar-refractivity contribution < 1.29 is 9.53 Å². The molecule has 0 saturated carbocycles. The van der Waals surface area contributed by atoms with Gasteiger partial charge in [-0.25, -0.2) is 0 Å². The molecule has 3 nitrogen and oxygen atoms in total. The van der Waals surface area contributed by atoms with Gasteiger partial charge in [-0.05, 0) is 66.4 Å². The van der Waals surface area contributed by atoms with Crippen molar-refractivity contribution in [2.45, 2.75) is 20.5 Å². The van der Waals surface area contributed by atoms with Crippen LogP contribution in [-0.4, -0.2) is 10.2 Å². The summed E-state index contributed by atoms with van der Waals surface area (Å²) in [5.41, 5.74) is 3.85. The van der Waals surface area contributed by atoms with Crippen molar-refractivity contribution in [3.8, 4) is 5.75 Å². The van der Waals surface area contributed by atoms with Crippen LogP contribution in [0.5, 0.6) is 5.75 Å². The molecule has 0 spiro atoms. The molecule has 1 saturated heterocycles. The largest absolute Gasteiger partial charge is 0.488 e. The molecule has 0 aromatic heterocycles. The van der Waals surface area contributed by atoms with E-state index in [1.165, 1.54) is 11.8 Å². The van der Waals surface area contributed by atoms with Gasteiger partial charge in [0.05, 0.1) is 15.0 Å². The fourth-order valence-corrected chi connectivity index (χ4v) is 4.02. The number of thioether (sulfide) groups is 1. The zero-order chi connectivity index (χ0) is 18.8. The van der Waals surface area contributed by atoms with Crippen LogP contribution >= 0.6 is 47.2 Å². The average molecular weight is 424 g/mol. The molecule has 1 N–H and O–H groups in total. The Morgan fingerprint density at radius 3 is 2.42 bits per heavy atom. The number of halogens is 2. The highest BCUT2D eigenvalue weighted by Gasteiger charge is 2.22. The van der Waals surface area contributed by atoms with E-state index >= 15 is 0 Å². The Morgan fingerprint density at radius 1 is 1.15 bits per heavy atom. The zero-order valence-electron chi connectivity index (χ0n) is 14.1. The number of carbonyl (C=O) groups is 1. The van der Waals surface area contributed by atoms with Crippen LogP contribution in [0.3, 0.4) is 0 Å². The SMILES string of the molecule is Cc1cc(/C=C2/SC(=S)NC2=O)cc(C)c1OCc1ccc(Cl)c(Cl)c1. The second-order valence-electron chi connectivity index (χ2n) is 5.87. The molecule has 1 heterocycles. The molecular weight excluding hydrogens is 409 g/mol. The summed E-state index contributed by atoms with van der Waals surface area (Å²) in [5, 5.41) is 3.65. The van der Waals surface area contributed by atoms with Gasteiger partial charge in [-0.1, -0.05) is 53.2 Å². The van der Waals surface area contributed by atoms with E-state index in [4.69, 9.17) is 40.2 Å². The molecule has 1 amide bonds. The van der Waals surface area contributed by atoms with E-state index in [9.17, 15) is 4.79 Å². The maximum atomic E-state index is 11.8. The first-order valence-corrected chi connectivity index (χ1v) is 9.74. The number of hydrogen-bond acceptors (Lipinski definition) is 4. The summed E-state index contributed by atoms with van der Waals surface area (Å²) in [4.78, 5) is 12.4. The number of thiocarbonyl (C=S) groups is 1. The van der Waals surface area contributed by atoms with Gasteiger partial charge in [0.25, 0.3) is 5.91 Å². The van der Waals surface area contributed by atoms with Crippen molar-refractivity contribution in [2.24, 2.45) is 0 Å². The molecule has 2 aromatic rings. The summed E-state index contributed by atoms with van der Waals surface area (Å²) >= 11 is 18.3. The van der Waals surface area contributed by atoms with Gasteiger partial charge in [-0.15, -0.1) is 0 Å². The van der Waals surface area contributed by atoms with Crippen molar-refractivity contribution in [3.63, 3.8) is 0 Å². The molecule has 7 heteroatoms. The van der Waals surface area contributed by atoms with Gasteiger partial charge in [0.2, 0.25) is 0 Å². The van der Waals surface area contributed by atoms with Crippen LogP contribution in [-0.2, 0) is 11.4 Å². The highest BCUT2D eigenvalue weighted by molar-refractivity contribution is 8.26. The number of ether oxygens (including phenoxy) is 1. The normalized spacial score (nSPS) is 15.5. The molecule has 1 aliphatic heterocycles. The van der Waals surface area contributed by atoms with E-state index in [-0.39, 0.29) is 5.91 Å². The van der Waals surface area contributed by atoms with Crippen molar-refractivity contribution in [2.75, 3.05) is 0 Å². The maximum absolute atomic E-state index is 11.8. The monoisotopic (exact) mass is 423 g/mol. The molecule has 26 heavy (non-hydrogen) atoms. The second kappa shape index (κ2) is 8.01. The van der Waals surface area contributed by atoms with Crippen LogP contribution in [0.15, 0.2) is 35.2 Å². The second-order valence-corrected chi connectivity index (χ2v) is 8.41. The number of amides is 1. The number of hydrogen-bond donors (Lipinski definition) is 1. The Balaban J connectivity index is 1.79. The van der Waals surface area contributed by atoms with Gasteiger partial charge in [0.15, 0.2) is 0 Å². The molecule has 1 aliphatic rings. The zero-order valence-corrected chi connectivity index (χ0v) is 17.2.